The Bertz CT molecular complexity index is 1170. The molecule has 4 rings (SSSR count). The number of H-pyrrole nitrogens is 1. The van der Waals surface area contributed by atoms with Crippen LogP contribution in [0.15, 0.2) is 41.4 Å². The average molecular weight is 331 g/mol. The average Bonchev–Trinajstić information content (AvgIpc) is 3.27. The molecule has 0 spiro atoms. The van der Waals surface area contributed by atoms with Gasteiger partial charge >= 0.3 is 0 Å². The molecule has 0 saturated heterocycles. The van der Waals surface area contributed by atoms with E-state index in [1.807, 2.05) is 24.3 Å². The predicted octanol–water partition coefficient (Wildman–Crippen LogP) is 1.03. The number of para-hydroxylation sites is 1. The van der Waals surface area contributed by atoms with E-state index in [0.29, 0.717) is 0 Å². The molecule has 3 heterocycles. The van der Waals surface area contributed by atoms with Crippen molar-refractivity contribution < 1.29 is 4.74 Å². The van der Waals surface area contributed by atoms with Crippen LogP contribution in [0.3, 0.4) is 0 Å². The first kappa shape index (κ1) is 15.5. The Morgan fingerprint density at radius 1 is 1.16 bits per heavy atom. The maximum Gasteiger partial charge on any atom is 0.144 e. The van der Waals surface area contributed by atoms with Gasteiger partial charge in [-0.15, -0.1) is 0 Å². The van der Waals surface area contributed by atoms with Crippen molar-refractivity contribution in [1.82, 2.24) is 9.55 Å². The summed E-state index contributed by atoms with van der Waals surface area (Å²) in [6.07, 6.45) is 4.23. The molecule has 0 amide bonds. The number of aryl methyl sites for hydroxylation is 2. The number of aromatic amines is 1. The van der Waals surface area contributed by atoms with E-state index in [9.17, 15) is 0 Å². The highest BCUT2D eigenvalue weighted by Gasteiger charge is 2.08. The van der Waals surface area contributed by atoms with Gasteiger partial charge in [-0.1, -0.05) is 18.2 Å². The largest absolute Gasteiger partial charge is 0.494 e. The van der Waals surface area contributed by atoms with Crippen molar-refractivity contribution in [2.45, 2.75) is 13.8 Å². The first-order valence-corrected chi connectivity index (χ1v) is 8.34. The number of rotatable bonds is 2. The Morgan fingerprint density at radius 2 is 1.96 bits per heavy atom. The summed E-state index contributed by atoms with van der Waals surface area (Å²) in [4.78, 5) is 8.18. The summed E-state index contributed by atoms with van der Waals surface area (Å²) in [7, 11) is 3.78. The second kappa shape index (κ2) is 5.81. The molecule has 0 unspecified atom stereocenters. The summed E-state index contributed by atoms with van der Waals surface area (Å²) >= 11 is 0. The number of nitrogens with zero attached hydrogens (tertiary/aromatic N) is 2. The highest BCUT2D eigenvalue weighted by Crippen LogP contribution is 2.14. The topological polar surface area (TPSA) is 42.3 Å². The maximum atomic E-state index is 5.58. The van der Waals surface area contributed by atoms with Gasteiger partial charge in [-0.3, -0.25) is 0 Å². The monoisotopic (exact) mass is 331 g/mol. The summed E-state index contributed by atoms with van der Waals surface area (Å²) in [5, 5.41) is 4.06. The second-order valence-corrected chi connectivity index (χ2v) is 6.42. The van der Waals surface area contributed by atoms with Gasteiger partial charge in [0.05, 0.1) is 28.9 Å². The van der Waals surface area contributed by atoms with Gasteiger partial charge in [0.25, 0.3) is 0 Å². The molecule has 0 fully saturated rings. The zero-order valence-electron chi connectivity index (χ0n) is 14.9. The second-order valence-electron chi connectivity index (χ2n) is 6.42. The Balaban J connectivity index is 1.94. The van der Waals surface area contributed by atoms with E-state index in [0.717, 1.165) is 32.7 Å². The molecule has 1 aliphatic rings. The Morgan fingerprint density at radius 3 is 2.64 bits per heavy atom. The molecule has 0 bridgehead atoms. The van der Waals surface area contributed by atoms with Crippen LogP contribution < -0.4 is 26.0 Å². The number of aromatic nitrogens is 2. The zero-order chi connectivity index (χ0) is 17.6. The van der Waals surface area contributed by atoms with Crippen molar-refractivity contribution in [1.29, 1.82) is 0 Å². The standard InChI is InChI=1S/C21H21N3O/c1-13-9-14(2)24(3)20(13)11-19-21(25-4)12-18(23-19)17-10-15-7-5-6-8-16(15)22-17/h5-12,23H,1-4H3/b18-17-,19-11-. The highest BCUT2D eigenvalue weighted by atomic mass is 16.5. The van der Waals surface area contributed by atoms with Gasteiger partial charge in [0.2, 0.25) is 0 Å². The molecular formula is C21H21N3O. The van der Waals surface area contributed by atoms with Crippen LogP contribution in [0.2, 0.25) is 0 Å². The molecule has 3 aromatic rings. The first-order chi connectivity index (χ1) is 12.1. The van der Waals surface area contributed by atoms with Crippen LogP contribution in [-0.4, -0.2) is 16.7 Å². The lowest BCUT2D eigenvalue weighted by atomic mass is 10.2. The van der Waals surface area contributed by atoms with E-state index in [2.05, 4.69) is 54.7 Å². The van der Waals surface area contributed by atoms with Crippen molar-refractivity contribution >= 4 is 17.8 Å². The fourth-order valence-electron chi connectivity index (χ4n) is 3.31. The zero-order valence-corrected chi connectivity index (χ0v) is 14.9. The van der Waals surface area contributed by atoms with Gasteiger partial charge < -0.3 is 14.3 Å². The molecule has 1 aliphatic heterocycles. The first-order valence-electron chi connectivity index (χ1n) is 8.34. The normalized spacial score (nSPS) is 15.8. The number of ether oxygens (including phenoxy) is 1. The van der Waals surface area contributed by atoms with E-state index in [4.69, 9.17) is 9.73 Å². The van der Waals surface area contributed by atoms with E-state index in [1.165, 1.54) is 17.0 Å². The molecule has 4 heteroatoms. The maximum absolute atomic E-state index is 5.58. The lowest BCUT2D eigenvalue weighted by Crippen LogP contribution is -2.19. The van der Waals surface area contributed by atoms with Gasteiger partial charge in [0.1, 0.15) is 5.75 Å². The molecule has 1 aromatic carbocycles. The molecule has 126 valence electrons. The molecule has 0 saturated carbocycles. The number of hydrogen-bond acceptors (Lipinski definition) is 2. The summed E-state index contributed by atoms with van der Waals surface area (Å²) < 4.78 is 7.77. The Kier molecular flexibility index (Phi) is 3.61. The number of hydrogen-bond donors (Lipinski definition) is 1. The summed E-state index contributed by atoms with van der Waals surface area (Å²) in [5.74, 6) is 0.820. The minimum absolute atomic E-state index is 0.820. The highest BCUT2D eigenvalue weighted by molar-refractivity contribution is 5.76. The third-order valence-corrected chi connectivity index (χ3v) is 4.78. The van der Waals surface area contributed by atoms with Gasteiger partial charge in [0, 0.05) is 29.7 Å². The van der Waals surface area contributed by atoms with Crippen molar-refractivity contribution in [2.24, 2.45) is 12.0 Å². The van der Waals surface area contributed by atoms with Crippen molar-refractivity contribution in [3.05, 3.63) is 74.6 Å². The lowest BCUT2D eigenvalue weighted by molar-refractivity contribution is 0.412. The molecule has 0 aliphatic carbocycles. The molecule has 0 radical (unpaired) electrons. The molecule has 2 aromatic heterocycles. The fraction of sp³-hybridized carbons (Fsp3) is 0.190. The van der Waals surface area contributed by atoms with Crippen LogP contribution in [0.25, 0.3) is 17.8 Å². The molecule has 25 heavy (non-hydrogen) atoms. The van der Waals surface area contributed by atoms with Crippen LogP contribution in [0.4, 0.5) is 0 Å². The van der Waals surface area contributed by atoms with Crippen LogP contribution in [0.1, 0.15) is 17.0 Å². The minimum Gasteiger partial charge on any atom is -0.494 e. The minimum atomic E-state index is 0.820. The predicted molar refractivity (Wildman–Crippen MR) is 100 cm³/mol. The third kappa shape index (κ3) is 2.60. The van der Waals surface area contributed by atoms with E-state index in [1.54, 1.807) is 7.11 Å². The third-order valence-electron chi connectivity index (χ3n) is 4.78. The quantitative estimate of drug-likeness (QED) is 0.749. The van der Waals surface area contributed by atoms with Crippen molar-refractivity contribution in [2.75, 3.05) is 7.11 Å². The molecule has 1 N–H and O–H groups in total. The molecular weight excluding hydrogens is 310 g/mol. The fourth-order valence-corrected chi connectivity index (χ4v) is 3.31. The lowest BCUT2D eigenvalue weighted by Gasteiger charge is -2.01. The van der Waals surface area contributed by atoms with Crippen LogP contribution >= 0.6 is 0 Å². The van der Waals surface area contributed by atoms with Crippen molar-refractivity contribution in [3.63, 3.8) is 0 Å². The van der Waals surface area contributed by atoms with E-state index >= 15 is 0 Å². The van der Waals surface area contributed by atoms with Crippen LogP contribution in [0, 0.1) is 13.8 Å². The Labute approximate surface area is 146 Å². The Hall–Kier alpha value is -3.01. The smallest absolute Gasteiger partial charge is 0.144 e. The van der Waals surface area contributed by atoms with Gasteiger partial charge in [-0.05, 0) is 43.7 Å². The van der Waals surface area contributed by atoms with E-state index in [-0.39, 0.29) is 0 Å². The molecule has 0 atom stereocenters. The van der Waals surface area contributed by atoms with Crippen LogP contribution in [0.5, 0.6) is 5.75 Å². The number of benzene rings is 1. The number of fused-ring (bicyclic) bond motifs is 1. The molecule has 4 nitrogen and oxygen atoms in total. The van der Waals surface area contributed by atoms with Crippen LogP contribution in [-0.2, 0) is 7.05 Å². The van der Waals surface area contributed by atoms with E-state index < -0.39 is 0 Å². The van der Waals surface area contributed by atoms with Gasteiger partial charge in [0.15, 0.2) is 0 Å². The summed E-state index contributed by atoms with van der Waals surface area (Å²) in [6, 6.07) is 12.3. The number of nitrogens with one attached hydrogen (secondary N) is 1. The SMILES string of the molecule is COc1c/c(=C2\C=c3ccccc3=N2)[nH]/c1=C\c1c(C)cc(C)n1C. The summed E-state index contributed by atoms with van der Waals surface area (Å²) in [6.45, 7) is 4.24. The summed E-state index contributed by atoms with van der Waals surface area (Å²) in [5.41, 5.74) is 4.58. The van der Waals surface area contributed by atoms with Crippen molar-refractivity contribution in [3.8, 4) is 5.75 Å². The van der Waals surface area contributed by atoms with Gasteiger partial charge in [-0.2, -0.15) is 0 Å². The van der Waals surface area contributed by atoms with Gasteiger partial charge in [-0.25, -0.2) is 4.99 Å². The number of methoxy groups -OCH3 is 1.